The third-order valence-electron chi connectivity index (χ3n) is 3.41. The Morgan fingerprint density at radius 3 is 2.88 bits per heavy atom. The summed E-state index contributed by atoms with van der Waals surface area (Å²) in [7, 11) is 0. The Morgan fingerprint density at radius 1 is 1.35 bits per heavy atom. The largest absolute Gasteiger partial charge is 0.380 e. The third kappa shape index (κ3) is 4.78. The summed E-state index contributed by atoms with van der Waals surface area (Å²) < 4.78 is 5.62. The third-order valence-corrected chi connectivity index (χ3v) is 4.41. The molecule has 0 saturated heterocycles. The van der Waals surface area contributed by atoms with Gasteiger partial charge in [-0.1, -0.05) is 19.3 Å². The van der Waals surface area contributed by atoms with Crippen LogP contribution in [0, 0.1) is 12.8 Å². The quantitative estimate of drug-likeness (QED) is 0.717. The van der Waals surface area contributed by atoms with Gasteiger partial charge in [0.1, 0.15) is 0 Å². The highest BCUT2D eigenvalue weighted by Gasteiger charge is 2.16. The minimum atomic E-state index is 0.844. The zero-order valence-electron chi connectivity index (χ0n) is 10.7. The van der Waals surface area contributed by atoms with E-state index >= 15 is 0 Å². The molecule has 1 aliphatic carbocycles. The van der Waals surface area contributed by atoms with Gasteiger partial charge in [0.25, 0.3) is 0 Å². The van der Waals surface area contributed by atoms with Crippen LogP contribution >= 0.6 is 11.3 Å². The van der Waals surface area contributed by atoms with Crippen LogP contribution in [0.15, 0.2) is 12.1 Å². The normalized spacial score (nSPS) is 16.1. The molecule has 0 aromatic carbocycles. The Kier molecular flexibility index (Phi) is 5.49. The molecule has 2 rings (SSSR count). The smallest absolute Gasteiger partial charge is 0.0591 e. The molecule has 1 saturated carbocycles. The summed E-state index contributed by atoms with van der Waals surface area (Å²) in [6.45, 7) is 5.88. The Bertz CT molecular complexity index is 320. The van der Waals surface area contributed by atoms with Crippen molar-refractivity contribution < 1.29 is 4.74 Å². The van der Waals surface area contributed by atoms with E-state index in [1.165, 1.54) is 35.4 Å². The van der Waals surface area contributed by atoms with Gasteiger partial charge >= 0.3 is 0 Å². The van der Waals surface area contributed by atoms with Crippen molar-refractivity contribution in [1.29, 1.82) is 0 Å². The zero-order valence-corrected chi connectivity index (χ0v) is 11.5. The first-order chi connectivity index (χ1) is 8.34. The molecule has 1 N–H and O–H groups in total. The molecule has 17 heavy (non-hydrogen) atoms. The molecule has 1 aromatic rings. The van der Waals surface area contributed by atoms with Gasteiger partial charge in [0.15, 0.2) is 0 Å². The second kappa shape index (κ2) is 7.14. The molecule has 1 heterocycles. The van der Waals surface area contributed by atoms with Crippen LogP contribution in [0.3, 0.4) is 0 Å². The van der Waals surface area contributed by atoms with Gasteiger partial charge in [-0.2, -0.15) is 0 Å². The summed E-state index contributed by atoms with van der Waals surface area (Å²) in [6, 6.07) is 4.38. The van der Waals surface area contributed by atoms with Crippen LogP contribution in [0.4, 0.5) is 0 Å². The van der Waals surface area contributed by atoms with Crippen molar-refractivity contribution in [2.24, 2.45) is 5.92 Å². The molecule has 0 radical (unpaired) electrons. The molecule has 0 bridgehead atoms. The van der Waals surface area contributed by atoms with Crippen LogP contribution in [0.1, 0.15) is 35.4 Å². The summed E-state index contributed by atoms with van der Waals surface area (Å²) in [4.78, 5) is 2.80. The summed E-state index contributed by atoms with van der Waals surface area (Å²) in [5.41, 5.74) is 0. The maximum atomic E-state index is 5.62. The Balaban J connectivity index is 1.41. The fourth-order valence-electron chi connectivity index (χ4n) is 2.07. The number of aryl methyl sites for hydroxylation is 1. The number of hydrogen-bond donors (Lipinski definition) is 1. The first-order valence-electron chi connectivity index (χ1n) is 6.68. The van der Waals surface area contributed by atoms with Crippen molar-refractivity contribution >= 4 is 11.3 Å². The number of hydrogen-bond acceptors (Lipinski definition) is 3. The lowest BCUT2D eigenvalue weighted by Crippen LogP contribution is -2.20. The van der Waals surface area contributed by atoms with Gasteiger partial charge in [0.05, 0.1) is 6.61 Å². The van der Waals surface area contributed by atoms with E-state index in [1.54, 1.807) is 0 Å². The first-order valence-corrected chi connectivity index (χ1v) is 7.50. The van der Waals surface area contributed by atoms with Gasteiger partial charge in [0.2, 0.25) is 0 Å². The van der Waals surface area contributed by atoms with Crippen LogP contribution in [0.25, 0.3) is 0 Å². The minimum absolute atomic E-state index is 0.844. The maximum Gasteiger partial charge on any atom is 0.0591 e. The molecule has 1 fully saturated rings. The Morgan fingerprint density at radius 2 is 2.24 bits per heavy atom. The molecule has 3 heteroatoms. The summed E-state index contributed by atoms with van der Waals surface area (Å²) in [5.74, 6) is 0.969. The fourth-order valence-corrected chi connectivity index (χ4v) is 2.93. The van der Waals surface area contributed by atoms with Crippen LogP contribution in [-0.2, 0) is 11.3 Å². The SMILES string of the molecule is Cc1ccc(CNCCOCCC2CCC2)s1. The molecule has 0 atom stereocenters. The van der Waals surface area contributed by atoms with E-state index in [1.807, 2.05) is 11.3 Å². The van der Waals surface area contributed by atoms with E-state index in [-0.39, 0.29) is 0 Å². The molecule has 1 aromatic heterocycles. The molecule has 0 spiro atoms. The monoisotopic (exact) mass is 253 g/mol. The van der Waals surface area contributed by atoms with Crippen molar-refractivity contribution in [3.8, 4) is 0 Å². The van der Waals surface area contributed by atoms with Gasteiger partial charge in [0, 0.05) is 29.5 Å². The fraction of sp³-hybridized carbons (Fsp3) is 0.714. The average molecular weight is 253 g/mol. The van der Waals surface area contributed by atoms with Crippen molar-refractivity contribution in [3.05, 3.63) is 21.9 Å². The highest BCUT2D eigenvalue weighted by molar-refractivity contribution is 7.11. The minimum Gasteiger partial charge on any atom is -0.380 e. The van der Waals surface area contributed by atoms with Crippen molar-refractivity contribution in [2.75, 3.05) is 19.8 Å². The molecule has 96 valence electrons. The van der Waals surface area contributed by atoms with Crippen molar-refractivity contribution in [1.82, 2.24) is 5.32 Å². The Labute approximate surface area is 108 Å². The molecule has 0 aliphatic heterocycles. The summed E-state index contributed by atoms with van der Waals surface area (Å²) in [6.07, 6.45) is 5.56. The van der Waals surface area contributed by atoms with Crippen molar-refractivity contribution in [2.45, 2.75) is 39.2 Å². The van der Waals surface area contributed by atoms with E-state index < -0.39 is 0 Å². The first kappa shape index (κ1) is 13.1. The van der Waals surface area contributed by atoms with E-state index in [4.69, 9.17) is 4.74 Å². The van der Waals surface area contributed by atoms with Gasteiger partial charge in [-0.3, -0.25) is 0 Å². The summed E-state index contributed by atoms with van der Waals surface area (Å²) >= 11 is 1.87. The van der Waals surface area contributed by atoms with Crippen LogP contribution in [-0.4, -0.2) is 19.8 Å². The van der Waals surface area contributed by atoms with E-state index in [0.29, 0.717) is 0 Å². The average Bonchev–Trinajstić information content (AvgIpc) is 2.65. The molecular weight excluding hydrogens is 230 g/mol. The zero-order chi connectivity index (χ0) is 11.9. The lowest BCUT2D eigenvalue weighted by Gasteiger charge is -2.24. The molecular formula is C14H23NOS. The van der Waals surface area contributed by atoms with Gasteiger partial charge in [-0.25, -0.2) is 0 Å². The van der Waals surface area contributed by atoms with Gasteiger partial charge in [-0.15, -0.1) is 11.3 Å². The number of ether oxygens (including phenoxy) is 1. The second-order valence-corrected chi connectivity index (χ2v) is 6.26. The molecule has 2 nitrogen and oxygen atoms in total. The highest BCUT2D eigenvalue weighted by Crippen LogP contribution is 2.28. The topological polar surface area (TPSA) is 21.3 Å². The van der Waals surface area contributed by atoms with Gasteiger partial charge < -0.3 is 10.1 Å². The Hall–Kier alpha value is -0.380. The van der Waals surface area contributed by atoms with E-state index in [9.17, 15) is 0 Å². The van der Waals surface area contributed by atoms with Crippen LogP contribution in [0.2, 0.25) is 0 Å². The summed E-state index contributed by atoms with van der Waals surface area (Å²) in [5, 5.41) is 3.42. The highest BCUT2D eigenvalue weighted by atomic mass is 32.1. The predicted molar refractivity (Wildman–Crippen MR) is 73.5 cm³/mol. The molecule has 1 aliphatic rings. The standard InChI is InChI=1S/C14H23NOS/c1-12-5-6-14(17-12)11-15-8-10-16-9-7-13-3-2-4-13/h5-6,13,15H,2-4,7-11H2,1H3. The molecule has 0 unspecified atom stereocenters. The second-order valence-electron chi connectivity index (χ2n) is 4.89. The van der Waals surface area contributed by atoms with E-state index in [2.05, 4.69) is 24.4 Å². The lowest BCUT2D eigenvalue weighted by atomic mass is 9.83. The molecule has 0 amide bonds. The maximum absolute atomic E-state index is 5.62. The van der Waals surface area contributed by atoms with Crippen LogP contribution < -0.4 is 5.32 Å². The predicted octanol–water partition coefficient (Wildman–Crippen LogP) is 3.35. The van der Waals surface area contributed by atoms with Crippen LogP contribution in [0.5, 0.6) is 0 Å². The number of rotatable bonds is 8. The van der Waals surface area contributed by atoms with Crippen molar-refractivity contribution in [3.63, 3.8) is 0 Å². The number of thiophene rings is 1. The van der Waals surface area contributed by atoms with E-state index in [0.717, 1.165) is 32.2 Å². The van der Waals surface area contributed by atoms with Gasteiger partial charge in [-0.05, 0) is 31.4 Å². The number of nitrogens with one attached hydrogen (secondary N) is 1. The lowest BCUT2D eigenvalue weighted by molar-refractivity contribution is 0.108.